The molecule has 0 aliphatic rings. The van der Waals surface area contributed by atoms with Crippen LogP contribution in [-0.2, 0) is 19.6 Å². The van der Waals surface area contributed by atoms with Gasteiger partial charge < -0.3 is 14.9 Å². The maximum absolute atomic E-state index is 12.2. The van der Waals surface area contributed by atoms with E-state index in [1.807, 2.05) is 0 Å². The van der Waals surface area contributed by atoms with Crippen molar-refractivity contribution < 1.29 is 27.6 Å². The number of carbonyl (C=O) groups is 2. The van der Waals surface area contributed by atoms with Gasteiger partial charge in [-0.05, 0) is 27.2 Å². The van der Waals surface area contributed by atoms with Crippen LogP contribution in [0, 0.1) is 13.8 Å². The Kier molecular flexibility index (Phi) is 5.66. The molecule has 1 aromatic rings. The Balaban J connectivity index is 2.86. The molecule has 1 heterocycles. The largest absolute Gasteiger partial charge is 0.480 e. The topological polar surface area (TPSA) is 139 Å². The quantitative estimate of drug-likeness (QED) is 0.635. The van der Waals surface area contributed by atoms with Gasteiger partial charge in [-0.2, -0.15) is 4.72 Å². The second-order valence-corrected chi connectivity index (χ2v) is 6.45. The highest BCUT2D eigenvalue weighted by molar-refractivity contribution is 7.89. The zero-order valence-corrected chi connectivity index (χ0v) is 13.5. The van der Waals surface area contributed by atoms with Crippen LogP contribution >= 0.6 is 0 Å². The van der Waals surface area contributed by atoms with Gasteiger partial charge in [0.05, 0.1) is 6.04 Å². The van der Waals surface area contributed by atoms with Crippen molar-refractivity contribution in [1.29, 1.82) is 0 Å². The molecule has 10 heteroatoms. The number of carbonyl (C=O) groups excluding carboxylic acids is 1. The molecule has 2 atom stereocenters. The fraction of sp³-hybridized carbons (Fsp3) is 0.583. The number of amides is 1. The number of hydrogen-bond donors (Lipinski definition) is 3. The molecular weight excluding hydrogens is 314 g/mol. The number of aliphatic carboxylic acids is 1. The maximum Gasteiger partial charge on any atom is 0.326 e. The Bertz CT molecular complexity index is 647. The maximum atomic E-state index is 12.2. The van der Waals surface area contributed by atoms with Crippen molar-refractivity contribution in [3.05, 3.63) is 11.5 Å². The smallest absolute Gasteiger partial charge is 0.326 e. The van der Waals surface area contributed by atoms with Crippen molar-refractivity contribution in [2.75, 3.05) is 0 Å². The Morgan fingerprint density at radius 1 is 1.36 bits per heavy atom. The van der Waals surface area contributed by atoms with Gasteiger partial charge in [0.2, 0.25) is 15.9 Å². The summed E-state index contributed by atoms with van der Waals surface area (Å²) in [6.07, 6.45) is 0.185. The average Bonchev–Trinajstić information content (AvgIpc) is 2.74. The zero-order valence-electron chi connectivity index (χ0n) is 12.7. The van der Waals surface area contributed by atoms with E-state index in [4.69, 9.17) is 9.63 Å². The number of sulfonamides is 1. The summed E-state index contributed by atoms with van der Waals surface area (Å²) in [7, 11) is -4.00. The molecule has 0 saturated carbocycles. The molecule has 1 aromatic heterocycles. The van der Waals surface area contributed by atoms with Crippen molar-refractivity contribution in [3.8, 4) is 0 Å². The first-order valence-corrected chi connectivity index (χ1v) is 8.06. The molecule has 124 valence electrons. The van der Waals surface area contributed by atoms with E-state index in [-0.39, 0.29) is 22.8 Å². The van der Waals surface area contributed by atoms with Crippen molar-refractivity contribution >= 4 is 21.9 Å². The number of nitrogens with zero attached hydrogens (tertiary/aromatic N) is 1. The van der Waals surface area contributed by atoms with E-state index >= 15 is 0 Å². The van der Waals surface area contributed by atoms with Crippen LogP contribution in [0.5, 0.6) is 0 Å². The second kappa shape index (κ2) is 6.88. The fourth-order valence-electron chi connectivity index (χ4n) is 1.84. The highest BCUT2D eigenvalue weighted by atomic mass is 32.2. The van der Waals surface area contributed by atoms with Crippen LogP contribution in [0.3, 0.4) is 0 Å². The van der Waals surface area contributed by atoms with Gasteiger partial charge in [-0.1, -0.05) is 12.1 Å². The van der Waals surface area contributed by atoms with Crippen molar-refractivity contribution in [1.82, 2.24) is 15.2 Å². The predicted molar refractivity (Wildman–Crippen MR) is 75.6 cm³/mol. The fourth-order valence-corrected chi connectivity index (χ4v) is 3.37. The van der Waals surface area contributed by atoms with Gasteiger partial charge in [0.25, 0.3) is 0 Å². The highest BCUT2D eigenvalue weighted by Crippen LogP contribution is 2.18. The van der Waals surface area contributed by atoms with Gasteiger partial charge >= 0.3 is 5.97 Å². The Morgan fingerprint density at radius 2 is 1.95 bits per heavy atom. The molecular formula is C12H19N3O6S. The lowest BCUT2D eigenvalue weighted by Gasteiger charge is -2.17. The SMILES string of the molecule is CCC(NC(=O)C(C)NS(=O)(=O)c1c(C)noc1C)C(=O)O. The van der Waals surface area contributed by atoms with Crippen LogP contribution < -0.4 is 10.0 Å². The molecule has 0 aliphatic carbocycles. The molecule has 1 rings (SSSR count). The monoisotopic (exact) mass is 333 g/mol. The summed E-state index contributed by atoms with van der Waals surface area (Å²) in [6.45, 7) is 5.82. The lowest BCUT2D eigenvalue weighted by molar-refractivity contribution is -0.142. The summed E-state index contributed by atoms with van der Waals surface area (Å²) in [6, 6.07) is -2.22. The molecule has 0 radical (unpaired) electrons. The molecule has 0 aromatic carbocycles. The molecule has 0 aliphatic heterocycles. The van der Waals surface area contributed by atoms with E-state index in [1.54, 1.807) is 6.92 Å². The van der Waals surface area contributed by atoms with Crippen LogP contribution in [-0.4, -0.2) is 42.6 Å². The van der Waals surface area contributed by atoms with Crippen LogP contribution in [0.25, 0.3) is 0 Å². The summed E-state index contributed by atoms with van der Waals surface area (Å²) in [5, 5.41) is 14.7. The van der Waals surface area contributed by atoms with E-state index in [2.05, 4.69) is 15.2 Å². The number of hydrogen-bond acceptors (Lipinski definition) is 6. The molecule has 0 bridgehead atoms. The summed E-state index contributed by atoms with van der Waals surface area (Å²) < 4.78 is 31.4. The zero-order chi connectivity index (χ0) is 17.1. The Morgan fingerprint density at radius 3 is 2.36 bits per heavy atom. The second-order valence-electron chi connectivity index (χ2n) is 4.80. The molecule has 3 N–H and O–H groups in total. The van der Waals surface area contributed by atoms with E-state index in [1.165, 1.54) is 20.8 Å². The number of aryl methyl sites for hydroxylation is 2. The van der Waals surface area contributed by atoms with E-state index < -0.39 is 34.0 Å². The van der Waals surface area contributed by atoms with Crippen LogP contribution in [0.4, 0.5) is 0 Å². The molecule has 1 amide bonds. The van der Waals surface area contributed by atoms with Crippen molar-refractivity contribution in [2.24, 2.45) is 0 Å². The number of rotatable bonds is 7. The third-order valence-corrected chi connectivity index (χ3v) is 4.77. The standard InChI is InChI=1S/C12H19N3O6S/c1-5-9(12(17)18)13-11(16)7(3)15-22(19,20)10-6(2)14-21-8(10)4/h7,9,15H,5H2,1-4H3,(H,13,16)(H,17,18). The van der Waals surface area contributed by atoms with Gasteiger partial charge in [0.15, 0.2) is 5.76 Å². The van der Waals surface area contributed by atoms with Crippen molar-refractivity contribution in [2.45, 2.75) is 51.1 Å². The highest BCUT2D eigenvalue weighted by Gasteiger charge is 2.29. The molecule has 0 fully saturated rings. The van der Waals surface area contributed by atoms with Crippen LogP contribution in [0.15, 0.2) is 9.42 Å². The minimum absolute atomic E-state index is 0.106. The number of carboxylic acid groups (broad SMARTS) is 1. The first kappa shape index (κ1) is 18.1. The predicted octanol–water partition coefficient (Wildman–Crippen LogP) is -0.0624. The average molecular weight is 333 g/mol. The Labute approximate surface area is 128 Å². The molecule has 22 heavy (non-hydrogen) atoms. The first-order chi connectivity index (χ1) is 10.1. The molecule has 0 spiro atoms. The van der Waals surface area contributed by atoms with Gasteiger partial charge in [-0.3, -0.25) is 4.79 Å². The lowest BCUT2D eigenvalue weighted by Crippen LogP contribution is -2.50. The third-order valence-electron chi connectivity index (χ3n) is 2.98. The van der Waals surface area contributed by atoms with E-state index in [0.717, 1.165) is 0 Å². The summed E-state index contributed by atoms with van der Waals surface area (Å²) in [5.74, 6) is -1.81. The summed E-state index contributed by atoms with van der Waals surface area (Å²) in [5.41, 5.74) is 0.176. The first-order valence-electron chi connectivity index (χ1n) is 6.58. The van der Waals surface area contributed by atoms with Gasteiger partial charge in [-0.25, -0.2) is 13.2 Å². The summed E-state index contributed by atoms with van der Waals surface area (Å²) in [4.78, 5) is 22.6. The third kappa shape index (κ3) is 4.04. The van der Waals surface area contributed by atoms with Crippen LogP contribution in [0.1, 0.15) is 31.7 Å². The molecule has 9 nitrogen and oxygen atoms in total. The number of carboxylic acids is 1. The minimum Gasteiger partial charge on any atom is -0.480 e. The van der Waals surface area contributed by atoms with E-state index in [9.17, 15) is 18.0 Å². The van der Waals surface area contributed by atoms with Gasteiger partial charge in [0, 0.05) is 0 Å². The Hall–Kier alpha value is -1.94. The number of nitrogens with one attached hydrogen (secondary N) is 2. The van der Waals surface area contributed by atoms with Crippen LogP contribution in [0.2, 0.25) is 0 Å². The van der Waals surface area contributed by atoms with Gasteiger partial charge in [-0.15, -0.1) is 0 Å². The van der Waals surface area contributed by atoms with Gasteiger partial charge in [0.1, 0.15) is 16.6 Å². The minimum atomic E-state index is -4.00. The summed E-state index contributed by atoms with van der Waals surface area (Å²) >= 11 is 0. The molecule has 2 unspecified atom stereocenters. The van der Waals surface area contributed by atoms with Crippen molar-refractivity contribution in [3.63, 3.8) is 0 Å². The normalized spacial score (nSPS) is 14.4. The molecule has 0 saturated heterocycles. The number of aromatic nitrogens is 1. The lowest BCUT2D eigenvalue weighted by atomic mass is 10.2. The van der Waals surface area contributed by atoms with E-state index in [0.29, 0.717) is 0 Å².